The fourth-order valence-electron chi connectivity index (χ4n) is 2.57. The maximum atomic E-state index is 13.6. The molecule has 7 heteroatoms. The number of halogens is 2. The SMILES string of the molecule is O=C(CNC(=O)c1ccccc1F)NC(c1ccc(Cl)cc1)c1ccsc1. The van der Waals surface area contributed by atoms with Crippen LogP contribution >= 0.6 is 22.9 Å². The van der Waals surface area contributed by atoms with E-state index in [1.165, 1.54) is 29.5 Å². The van der Waals surface area contributed by atoms with Crippen LogP contribution in [0.4, 0.5) is 4.39 Å². The predicted molar refractivity (Wildman–Crippen MR) is 104 cm³/mol. The van der Waals surface area contributed by atoms with Crippen molar-refractivity contribution in [1.82, 2.24) is 10.6 Å². The molecule has 4 nitrogen and oxygen atoms in total. The monoisotopic (exact) mass is 402 g/mol. The van der Waals surface area contributed by atoms with Crippen LogP contribution in [0.15, 0.2) is 65.4 Å². The number of carbonyl (C=O) groups is 2. The number of hydrogen-bond acceptors (Lipinski definition) is 3. The number of thiophene rings is 1. The van der Waals surface area contributed by atoms with Crippen molar-refractivity contribution in [2.45, 2.75) is 6.04 Å². The molecule has 1 aromatic heterocycles. The summed E-state index contributed by atoms with van der Waals surface area (Å²) in [5.41, 5.74) is 1.69. The van der Waals surface area contributed by atoms with Crippen LogP contribution in [0.3, 0.4) is 0 Å². The highest BCUT2D eigenvalue weighted by molar-refractivity contribution is 7.08. The van der Waals surface area contributed by atoms with Gasteiger partial charge >= 0.3 is 0 Å². The van der Waals surface area contributed by atoms with Gasteiger partial charge in [0.2, 0.25) is 5.91 Å². The molecule has 0 aliphatic heterocycles. The molecule has 3 aromatic rings. The van der Waals surface area contributed by atoms with Crippen molar-refractivity contribution >= 4 is 34.8 Å². The lowest BCUT2D eigenvalue weighted by molar-refractivity contribution is -0.120. The summed E-state index contributed by atoms with van der Waals surface area (Å²) in [4.78, 5) is 24.4. The van der Waals surface area contributed by atoms with E-state index in [4.69, 9.17) is 11.6 Å². The van der Waals surface area contributed by atoms with Crippen molar-refractivity contribution in [3.63, 3.8) is 0 Å². The predicted octanol–water partition coefficient (Wildman–Crippen LogP) is 4.18. The molecule has 0 spiro atoms. The third-order valence-corrected chi connectivity index (χ3v) is 4.87. The van der Waals surface area contributed by atoms with Gasteiger partial charge in [0.15, 0.2) is 0 Å². The summed E-state index contributed by atoms with van der Waals surface area (Å²) in [5, 5.41) is 9.80. The van der Waals surface area contributed by atoms with Crippen molar-refractivity contribution in [2.75, 3.05) is 6.54 Å². The van der Waals surface area contributed by atoms with E-state index < -0.39 is 11.7 Å². The van der Waals surface area contributed by atoms with Gasteiger partial charge < -0.3 is 10.6 Å². The second-order valence-electron chi connectivity index (χ2n) is 5.77. The molecule has 0 radical (unpaired) electrons. The van der Waals surface area contributed by atoms with Gasteiger partial charge in [0.25, 0.3) is 5.91 Å². The average Bonchev–Trinajstić information content (AvgIpc) is 3.20. The summed E-state index contributed by atoms with van der Waals surface area (Å²) in [5.74, 6) is -1.65. The summed E-state index contributed by atoms with van der Waals surface area (Å²) < 4.78 is 13.6. The van der Waals surface area contributed by atoms with Gasteiger partial charge in [0.1, 0.15) is 5.82 Å². The molecule has 0 saturated carbocycles. The second-order valence-corrected chi connectivity index (χ2v) is 6.99. The molecule has 0 bridgehead atoms. The Balaban J connectivity index is 1.67. The van der Waals surface area contributed by atoms with E-state index in [-0.39, 0.29) is 24.1 Å². The fraction of sp³-hybridized carbons (Fsp3) is 0.100. The highest BCUT2D eigenvalue weighted by Gasteiger charge is 2.18. The van der Waals surface area contributed by atoms with Crippen molar-refractivity contribution in [3.8, 4) is 0 Å². The minimum atomic E-state index is -0.637. The second kappa shape index (κ2) is 8.79. The van der Waals surface area contributed by atoms with Crippen LogP contribution in [0.2, 0.25) is 5.02 Å². The largest absolute Gasteiger partial charge is 0.344 e. The molecular weight excluding hydrogens is 387 g/mol. The van der Waals surface area contributed by atoms with E-state index >= 15 is 0 Å². The van der Waals surface area contributed by atoms with E-state index in [0.717, 1.165) is 11.1 Å². The summed E-state index contributed by atoms with van der Waals surface area (Å²) in [6.07, 6.45) is 0. The van der Waals surface area contributed by atoms with Gasteiger partial charge in [-0.25, -0.2) is 4.39 Å². The number of hydrogen-bond donors (Lipinski definition) is 2. The molecule has 27 heavy (non-hydrogen) atoms. The summed E-state index contributed by atoms with van der Waals surface area (Å²) in [6.45, 7) is -0.263. The summed E-state index contributed by atoms with van der Waals surface area (Å²) in [7, 11) is 0. The number of nitrogens with one attached hydrogen (secondary N) is 2. The van der Waals surface area contributed by atoms with Crippen molar-refractivity contribution in [3.05, 3.63) is 92.9 Å². The van der Waals surface area contributed by atoms with Crippen LogP contribution in [0.25, 0.3) is 0 Å². The zero-order valence-corrected chi connectivity index (χ0v) is 15.7. The molecular formula is C20H16ClFN2O2S. The van der Waals surface area contributed by atoms with Crippen molar-refractivity contribution in [1.29, 1.82) is 0 Å². The smallest absolute Gasteiger partial charge is 0.254 e. The molecule has 0 aliphatic carbocycles. The summed E-state index contributed by atoms with van der Waals surface area (Å²) >= 11 is 7.46. The first kappa shape index (κ1) is 19.1. The molecule has 0 saturated heterocycles. The first-order chi connectivity index (χ1) is 13.0. The normalized spacial score (nSPS) is 11.6. The maximum Gasteiger partial charge on any atom is 0.254 e. The third-order valence-electron chi connectivity index (χ3n) is 3.91. The molecule has 138 valence electrons. The number of amides is 2. The molecule has 2 amide bonds. The molecule has 2 N–H and O–H groups in total. The first-order valence-corrected chi connectivity index (χ1v) is 9.46. The molecule has 1 unspecified atom stereocenters. The Morgan fingerprint density at radius 2 is 1.78 bits per heavy atom. The molecule has 0 aliphatic rings. The number of rotatable bonds is 6. The molecule has 0 fully saturated rings. The first-order valence-electron chi connectivity index (χ1n) is 8.14. The summed E-state index contributed by atoms with van der Waals surface area (Å²) in [6, 6.07) is 14.3. The Labute approximate surface area is 165 Å². The van der Waals surface area contributed by atoms with Gasteiger partial charge in [-0.3, -0.25) is 9.59 Å². The van der Waals surface area contributed by atoms with Crippen LogP contribution in [0, 0.1) is 5.82 Å². The van der Waals surface area contributed by atoms with E-state index in [2.05, 4.69) is 10.6 Å². The zero-order chi connectivity index (χ0) is 19.2. The third kappa shape index (κ3) is 4.93. The Hall–Kier alpha value is -2.70. The Bertz CT molecular complexity index is 929. The molecule has 2 aromatic carbocycles. The number of benzene rings is 2. The van der Waals surface area contributed by atoms with Gasteiger partial charge in [0, 0.05) is 5.02 Å². The van der Waals surface area contributed by atoms with E-state index in [1.54, 1.807) is 18.2 Å². The van der Waals surface area contributed by atoms with Gasteiger partial charge in [-0.2, -0.15) is 11.3 Å². The van der Waals surface area contributed by atoms with Gasteiger partial charge in [-0.15, -0.1) is 0 Å². The maximum absolute atomic E-state index is 13.6. The van der Waals surface area contributed by atoms with Crippen molar-refractivity contribution < 1.29 is 14.0 Å². The standard InChI is InChI=1S/C20H16ClFN2O2S/c21-15-7-5-13(6-8-15)19(14-9-10-27-12-14)24-18(25)11-23-20(26)16-3-1-2-4-17(16)22/h1-10,12,19H,11H2,(H,23,26)(H,24,25). The van der Waals surface area contributed by atoms with Gasteiger partial charge in [0.05, 0.1) is 18.2 Å². The Kier molecular flexibility index (Phi) is 6.21. The lowest BCUT2D eigenvalue weighted by atomic mass is 10.0. The fourth-order valence-corrected chi connectivity index (χ4v) is 3.38. The highest BCUT2D eigenvalue weighted by Crippen LogP contribution is 2.25. The van der Waals surface area contributed by atoms with E-state index in [1.807, 2.05) is 29.0 Å². The Morgan fingerprint density at radius 1 is 1.04 bits per heavy atom. The quantitative estimate of drug-likeness (QED) is 0.650. The van der Waals surface area contributed by atoms with Crippen molar-refractivity contribution in [2.24, 2.45) is 0 Å². The van der Waals surface area contributed by atoms with E-state index in [0.29, 0.717) is 5.02 Å². The molecule has 1 heterocycles. The van der Waals surface area contributed by atoms with Gasteiger partial charge in [-0.1, -0.05) is 35.9 Å². The molecule has 1 atom stereocenters. The minimum Gasteiger partial charge on any atom is -0.344 e. The van der Waals surface area contributed by atoms with Crippen LogP contribution in [-0.2, 0) is 4.79 Å². The minimum absolute atomic E-state index is 0.0996. The average molecular weight is 403 g/mol. The molecule has 3 rings (SSSR count). The van der Waals surface area contributed by atoms with E-state index in [9.17, 15) is 14.0 Å². The lowest BCUT2D eigenvalue weighted by Gasteiger charge is -2.19. The number of carbonyl (C=O) groups excluding carboxylic acids is 2. The van der Waals surface area contributed by atoms with Crippen LogP contribution in [0.5, 0.6) is 0 Å². The highest BCUT2D eigenvalue weighted by atomic mass is 35.5. The lowest BCUT2D eigenvalue weighted by Crippen LogP contribution is -2.39. The van der Waals surface area contributed by atoms with Gasteiger partial charge in [-0.05, 0) is 52.2 Å². The topological polar surface area (TPSA) is 58.2 Å². The van der Waals surface area contributed by atoms with Crippen LogP contribution in [-0.4, -0.2) is 18.4 Å². The van der Waals surface area contributed by atoms with Crippen LogP contribution < -0.4 is 10.6 Å². The zero-order valence-electron chi connectivity index (χ0n) is 14.1. The van der Waals surface area contributed by atoms with Crippen LogP contribution in [0.1, 0.15) is 27.5 Å². The Morgan fingerprint density at radius 3 is 2.44 bits per heavy atom.